The molecule has 1 saturated heterocycles. The predicted molar refractivity (Wildman–Crippen MR) is 98.5 cm³/mol. The maximum atomic E-state index is 12.7. The zero-order chi connectivity index (χ0) is 18.4. The number of carboxylic acids is 1. The summed E-state index contributed by atoms with van der Waals surface area (Å²) in [6.07, 6.45) is 7.72. The first kappa shape index (κ1) is 20.2. The third-order valence-electron chi connectivity index (χ3n) is 6.11. The Labute approximate surface area is 151 Å². The standard InChI is InChI=1S/C19H35N3O3/c1-14-7-4-5-9-17(14)20-19(25)15(2)22-11-6-8-16(10-12-22)21(3)13-18(23)24/h14-17H,4-13H2,1-3H3,(H,20,25)(H,23,24). The first-order chi connectivity index (χ1) is 11.9. The van der Waals surface area contributed by atoms with Crippen LogP contribution in [-0.4, -0.2) is 71.6 Å². The van der Waals surface area contributed by atoms with Crippen molar-refractivity contribution in [2.24, 2.45) is 5.92 Å². The van der Waals surface area contributed by atoms with Crippen LogP contribution in [0.5, 0.6) is 0 Å². The highest BCUT2D eigenvalue weighted by Gasteiger charge is 2.29. The minimum absolute atomic E-state index is 0.0836. The van der Waals surface area contributed by atoms with Crippen molar-refractivity contribution >= 4 is 11.9 Å². The molecule has 1 heterocycles. The third-order valence-corrected chi connectivity index (χ3v) is 6.11. The predicted octanol–water partition coefficient (Wildman–Crippen LogP) is 1.94. The van der Waals surface area contributed by atoms with Crippen LogP contribution in [0.25, 0.3) is 0 Å². The molecular formula is C19H35N3O3. The molecule has 0 bridgehead atoms. The number of amides is 1. The number of nitrogens with one attached hydrogen (secondary N) is 1. The smallest absolute Gasteiger partial charge is 0.317 e. The Balaban J connectivity index is 1.84. The fourth-order valence-electron chi connectivity index (χ4n) is 4.27. The van der Waals surface area contributed by atoms with Crippen molar-refractivity contribution in [3.8, 4) is 0 Å². The van der Waals surface area contributed by atoms with Gasteiger partial charge >= 0.3 is 5.97 Å². The first-order valence-corrected chi connectivity index (χ1v) is 9.85. The molecule has 2 rings (SSSR count). The highest BCUT2D eigenvalue weighted by Crippen LogP contribution is 2.24. The van der Waals surface area contributed by atoms with E-state index < -0.39 is 5.97 Å². The molecule has 4 unspecified atom stereocenters. The van der Waals surface area contributed by atoms with Gasteiger partial charge in [0, 0.05) is 18.6 Å². The van der Waals surface area contributed by atoms with Crippen LogP contribution in [0.15, 0.2) is 0 Å². The summed E-state index contributed by atoms with van der Waals surface area (Å²) in [7, 11) is 1.88. The van der Waals surface area contributed by atoms with Crippen molar-refractivity contribution < 1.29 is 14.7 Å². The van der Waals surface area contributed by atoms with E-state index in [-0.39, 0.29) is 24.5 Å². The molecule has 1 saturated carbocycles. The second kappa shape index (κ2) is 9.53. The van der Waals surface area contributed by atoms with Crippen LogP contribution in [0.4, 0.5) is 0 Å². The van der Waals surface area contributed by atoms with Gasteiger partial charge in [-0.05, 0) is 58.5 Å². The molecule has 1 amide bonds. The van der Waals surface area contributed by atoms with Crippen molar-refractivity contribution in [1.82, 2.24) is 15.1 Å². The van der Waals surface area contributed by atoms with Crippen LogP contribution >= 0.6 is 0 Å². The maximum Gasteiger partial charge on any atom is 0.317 e. The van der Waals surface area contributed by atoms with E-state index in [4.69, 9.17) is 5.11 Å². The van der Waals surface area contributed by atoms with Gasteiger partial charge in [0.25, 0.3) is 0 Å². The molecule has 144 valence electrons. The van der Waals surface area contributed by atoms with Crippen LogP contribution < -0.4 is 5.32 Å². The summed E-state index contributed by atoms with van der Waals surface area (Å²) in [4.78, 5) is 27.8. The van der Waals surface area contributed by atoms with Crippen LogP contribution in [0.1, 0.15) is 58.8 Å². The zero-order valence-electron chi connectivity index (χ0n) is 16.0. The van der Waals surface area contributed by atoms with Crippen LogP contribution in [-0.2, 0) is 9.59 Å². The molecule has 2 aliphatic rings. The van der Waals surface area contributed by atoms with E-state index in [0.717, 1.165) is 38.8 Å². The summed E-state index contributed by atoms with van der Waals surface area (Å²) < 4.78 is 0. The maximum absolute atomic E-state index is 12.7. The lowest BCUT2D eigenvalue weighted by atomic mass is 9.86. The van der Waals surface area contributed by atoms with Gasteiger partial charge in [-0.2, -0.15) is 0 Å². The van der Waals surface area contributed by atoms with Gasteiger partial charge in [-0.15, -0.1) is 0 Å². The van der Waals surface area contributed by atoms with Crippen LogP contribution in [0.3, 0.4) is 0 Å². The van der Waals surface area contributed by atoms with Crippen molar-refractivity contribution in [3.05, 3.63) is 0 Å². The van der Waals surface area contributed by atoms with E-state index in [2.05, 4.69) is 17.1 Å². The van der Waals surface area contributed by atoms with Gasteiger partial charge in [0.1, 0.15) is 0 Å². The van der Waals surface area contributed by atoms with Crippen LogP contribution in [0, 0.1) is 5.92 Å². The molecule has 0 spiro atoms. The number of nitrogens with zero attached hydrogens (tertiary/aromatic N) is 2. The molecular weight excluding hydrogens is 318 g/mol. The molecule has 2 fully saturated rings. The molecule has 0 aromatic heterocycles. The third kappa shape index (κ3) is 5.96. The minimum Gasteiger partial charge on any atom is -0.480 e. The molecule has 1 aliphatic heterocycles. The second-order valence-corrected chi connectivity index (χ2v) is 7.98. The number of rotatable bonds is 6. The van der Waals surface area contributed by atoms with Gasteiger partial charge in [-0.3, -0.25) is 19.4 Å². The summed E-state index contributed by atoms with van der Waals surface area (Å²) in [6.45, 7) is 6.09. The van der Waals surface area contributed by atoms with Crippen molar-refractivity contribution in [3.63, 3.8) is 0 Å². The van der Waals surface area contributed by atoms with Gasteiger partial charge in [-0.1, -0.05) is 19.8 Å². The van der Waals surface area contributed by atoms with Crippen molar-refractivity contribution in [1.29, 1.82) is 0 Å². The lowest BCUT2D eigenvalue weighted by Gasteiger charge is -2.33. The van der Waals surface area contributed by atoms with Gasteiger partial charge in [0.05, 0.1) is 12.6 Å². The van der Waals surface area contributed by atoms with E-state index in [1.54, 1.807) is 0 Å². The molecule has 1 aliphatic carbocycles. The summed E-state index contributed by atoms with van der Waals surface area (Å²) in [5, 5.41) is 12.2. The number of carbonyl (C=O) groups is 2. The number of carbonyl (C=O) groups excluding carboxylic acids is 1. The first-order valence-electron chi connectivity index (χ1n) is 9.85. The van der Waals surface area contributed by atoms with E-state index in [1.807, 2.05) is 18.9 Å². The molecule has 0 aromatic rings. The number of carboxylic acid groups (broad SMARTS) is 1. The lowest BCUT2D eigenvalue weighted by Crippen LogP contribution is -2.50. The molecule has 4 atom stereocenters. The molecule has 6 heteroatoms. The highest BCUT2D eigenvalue weighted by molar-refractivity contribution is 5.81. The second-order valence-electron chi connectivity index (χ2n) is 7.98. The van der Waals surface area contributed by atoms with E-state index >= 15 is 0 Å². The summed E-state index contributed by atoms with van der Waals surface area (Å²) in [5.41, 5.74) is 0. The zero-order valence-corrected chi connectivity index (χ0v) is 16.0. The number of hydrogen-bond donors (Lipinski definition) is 2. The summed E-state index contributed by atoms with van der Waals surface area (Å²) in [6, 6.07) is 0.498. The highest BCUT2D eigenvalue weighted by atomic mass is 16.4. The monoisotopic (exact) mass is 353 g/mol. The van der Waals surface area contributed by atoms with Crippen molar-refractivity contribution in [2.75, 3.05) is 26.7 Å². The normalized spacial score (nSPS) is 29.8. The molecule has 6 nitrogen and oxygen atoms in total. The number of aliphatic carboxylic acids is 1. The average Bonchev–Trinajstić information content (AvgIpc) is 2.81. The molecule has 0 radical (unpaired) electrons. The number of likely N-dealkylation sites (tertiary alicyclic amines) is 1. The van der Waals surface area contributed by atoms with E-state index in [9.17, 15) is 9.59 Å². The molecule has 0 aromatic carbocycles. The SMILES string of the molecule is CC1CCCCC1NC(=O)C(C)N1CCCC(N(C)CC(=O)O)CC1. The molecule has 25 heavy (non-hydrogen) atoms. The largest absolute Gasteiger partial charge is 0.480 e. The fraction of sp³-hybridized carbons (Fsp3) is 0.895. The quantitative estimate of drug-likeness (QED) is 0.763. The molecule has 2 N–H and O–H groups in total. The Morgan fingerprint density at radius 3 is 2.56 bits per heavy atom. The Morgan fingerprint density at radius 1 is 1.16 bits per heavy atom. The van der Waals surface area contributed by atoms with E-state index in [0.29, 0.717) is 12.0 Å². The topological polar surface area (TPSA) is 72.9 Å². The Morgan fingerprint density at radius 2 is 1.88 bits per heavy atom. The Bertz CT molecular complexity index is 457. The summed E-state index contributed by atoms with van der Waals surface area (Å²) >= 11 is 0. The fourth-order valence-corrected chi connectivity index (χ4v) is 4.27. The minimum atomic E-state index is -0.780. The van der Waals surface area contributed by atoms with Gasteiger partial charge in [0.2, 0.25) is 5.91 Å². The average molecular weight is 354 g/mol. The Hall–Kier alpha value is -1.14. The summed E-state index contributed by atoms with van der Waals surface area (Å²) in [5.74, 6) is -0.0582. The number of likely N-dealkylation sites (N-methyl/N-ethyl adjacent to an activating group) is 1. The van der Waals surface area contributed by atoms with Crippen LogP contribution in [0.2, 0.25) is 0 Å². The van der Waals surface area contributed by atoms with Gasteiger partial charge in [-0.25, -0.2) is 0 Å². The van der Waals surface area contributed by atoms with Crippen molar-refractivity contribution in [2.45, 2.75) is 76.9 Å². The lowest BCUT2D eigenvalue weighted by molar-refractivity contribution is -0.138. The number of hydrogen-bond acceptors (Lipinski definition) is 4. The van der Waals surface area contributed by atoms with Gasteiger partial charge in [0.15, 0.2) is 0 Å². The Kier molecular flexibility index (Phi) is 7.69. The van der Waals surface area contributed by atoms with E-state index in [1.165, 1.54) is 19.3 Å². The van der Waals surface area contributed by atoms with Gasteiger partial charge < -0.3 is 10.4 Å².